The van der Waals surface area contributed by atoms with Gasteiger partial charge < -0.3 is 9.68 Å². The largest absolute Gasteiger partial charge is 0.485 e. The van der Waals surface area contributed by atoms with Crippen LogP contribution in [0.15, 0.2) is 0 Å². The number of hydrogen-bond donors (Lipinski definition) is 1. The molecule has 0 aliphatic carbocycles. The predicted molar refractivity (Wildman–Crippen MR) is 40.1 cm³/mol. The molecular weight excluding hydrogens is 129 g/mol. The lowest BCUT2D eigenvalue weighted by molar-refractivity contribution is 0.278. The highest BCUT2D eigenvalue weighted by atomic mass is 16.5. The molecule has 57 valence electrons. The highest BCUT2D eigenvalue weighted by Crippen LogP contribution is 1.84. The van der Waals surface area contributed by atoms with E-state index in [1.54, 1.807) is 6.07 Å². The molecule has 0 amide bonds. The normalized spacial score (nSPS) is 7.00. The van der Waals surface area contributed by atoms with Crippen LogP contribution < -0.4 is 0 Å². The maximum atomic E-state index is 7.95. The first-order valence-corrected chi connectivity index (χ1v) is 3.21. The lowest BCUT2D eigenvalue weighted by atomic mass is 10.3. The van der Waals surface area contributed by atoms with Crippen molar-refractivity contribution in [3.05, 3.63) is 0 Å². The van der Waals surface area contributed by atoms with Crippen LogP contribution in [0.3, 0.4) is 0 Å². The lowest BCUT2D eigenvalue weighted by Crippen LogP contribution is -1.97. The van der Waals surface area contributed by atoms with Crippen molar-refractivity contribution < 1.29 is 9.68 Å². The monoisotopic (exact) mass is 142 g/mol. The van der Waals surface area contributed by atoms with Gasteiger partial charge in [0.2, 0.25) is 0 Å². The van der Waals surface area contributed by atoms with Crippen molar-refractivity contribution >= 4 is 7.69 Å². The Hall–Kier alpha value is -0.525. The molecule has 1 radical (unpaired) electrons. The SMILES string of the molecule is CC#N.CCCCO[B]O. The molecule has 0 spiro atoms. The average molecular weight is 142 g/mol. The molecular formula is C6H13BNO2. The molecule has 0 fully saturated rings. The summed E-state index contributed by atoms with van der Waals surface area (Å²) in [5, 5.41) is 15.3. The molecule has 0 atom stereocenters. The van der Waals surface area contributed by atoms with Crippen LogP contribution in [0.1, 0.15) is 26.7 Å². The zero-order valence-corrected chi connectivity index (χ0v) is 6.50. The van der Waals surface area contributed by atoms with E-state index >= 15 is 0 Å². The first-order chi connectivity index (χ1) is 4.83. The van der Waals surface area contributed by atoms with Gasteiger partial charge in [0.1, 0.15) is 0 Å². The lowest BCUT2D eigenvalue weighted by Gasteiger charge is -1.92. The number of unbranched alkanes of at least 4 members (excludes halogenated alkanes) is 1. The fraction of sp³-hybridized carbons (Fsp3) is 0.833. The van der Waals surface area contributed by atoms with Gasteiger partial charge in [-0.25, -0.2) is 0 Å². The summed E-state index contributed by atoms with van der Waals surface area (Å²) >= 11 is 0. The Bertz CT molecular complexity index is 78.3. The second kappa shape index (κ2) is 15.8. The zero-order valence-electron chi connectivity index (χ0n) is 6.50. The van der Waals surface area contributed by atoms with E-state index in [1.165, 1.54) is 6.92 Å². The summed E-state index contributed by atoms with van der Waals surface area (Å²) in [6, 6.07) is 1.75. The van der Waals surface area contributed by atoms with Crippen molar-refractivity contribution in [2.75, 3.05) is 6.61 Å². The van der Waals surface area contributed by atoms with Gasteiger partial charge in [-0.05, 0) is 6.42 Å². The fourth-order valence-corrected chi connectivity index (χ4v) is 0.280. The van der Waals surface area contributed by atoms with Gasteiger partial charge in [-0.2, -0.15) is 5.26 Å². The second-order valence-corrected chi connectivity index (χ2v) is 1.55. The summed E-state index contributed by atoms with van der Waals surface area (Å²) in [7, 11) is 0.732. The molecule has 0 heterocycles. The van der Waals surface area contributed by atoms with Crippen LogP contribution in [0.4, 0.5) is 0 Å². The molecule has 0 aromatic carbocycles. The summed E-state index contributed by atoms with van der Waals surface area (Å²) in [4.78, 5) is 0. The molecule has 3 nitrogen and oxygen atoms in total. The third-order valence-electron chi connectivity index (χ3n) is 0.690. The van der Waals surface area contributed by atoms with Crippen molar-refractivity contribution in [2.45, 2.75) is 26.7 Å². The Morgan fingerprint density at radius 1 is 1.70 bits per heavy atom. The van der Waals surface area contributed by atoms with Gasteiger partial charge in [-0.1, -0.05) is 13.3 Å². The predicted octanol–water partition coefficient (Wildman–Crippen LogP) is 0.859. The van der Waals surface area contributed by atoms with Gasteiger partial charge in [0, 0.05) is 13.5 Å². The van der Waals surface area contributed by atoms with E-state index in [9.17, 15) is 0 Å². The maximum absolute atomic E-state index is 7.95. The standard InChI is InChI=1S/C4H10BO2.C2H3N/c1-2-3-4-7-5-6;1-2-3/h6H,2-4H2,1H3;1H3. The van der Waals surface area contributed by atoms with Gasteiger partial charge in [-0.3, -0.25) is 0 Å². The minimum atomic E-state index is 0.632. The summed E-state index contributed by atoms with van der Waals surface area (Å²) in [6.45, 7) is 4.13. The smallest absolute Gasteiger partial charge is 0.429 e. The van der Waals surface area contributed by atoms with E-state index in [1.807, 2.05) is 0 Å². The Morgan fingerprint density at radius 2 is 2.20 bits per heavy atom. The van der Waals surface area contributed by atoms with E-state index in [4.69, 9.17) is 10.3 Å². The summed E-state index contributed by atoms with van der Waals surface area (Å²) in [5.41, 5.74) is 0. The Kier molecular flexibility index (Phi) is 19.2. The molecule has 0 rings (SSSR count). The zero-order chi connectivity index (χ0) is 8.24. The van der Waals surface area contributed by atoms with E-state index in [0.717, 1.165) is 20.5 Å². The van der Waals surface area contributed by atoms with Gasteiger partial charge in [0.15, 0.2) is 0 Å². The van der Waals surface area contributed by atoms with Gasteiger partial charge in [0.05, 0.1) is 6.07 Å². The fourth-order valence-electron chi connectivity index (χ4n) is 0.280. The van der Waals surface area contributed by atoms with E-state index in [-0.39, 0.29) is 0 Å². The summed E-state index contributed by atoms with van der Waals surface area (Å²) < 4.78 is 4.50. The first kappa shape index (κ1) is 12.2. The summed E-state index contributed by atoms with van der Waals surface area (Å²) in [6.07, 6.45) is 2.12. The van der Waals surface area contributed by atoms with Crippen LogP contribution in [-0.4, -0.2) is 19.3 Å². The number of nitriles is 1. The van der Waals surface area contributed by atoms with Gasteiger partial charge in [0.25, 0.3) is 0 Å². The molecule has 0 unspecified atom stereocenters. The Labute approximate surface area is 62.9 Å². The van der Waals surface area contributed by atoms with Gasteiger partial charge in [-0.15, -0.1) is 0 Å². The average Bonchev–Trinajstić information content (AvgIpc) is 1.91. The Morgan fingerprint density at radius 3 is 2.50 bits per heavy atom. The highest BCUT2D eigenvalue weighted by molar-refractivity contribution is 6.15. The molecule has 0 aliphatic rings. The third kappa shape index (κ3) is 26.0. The van der Waals surface area contributed by atoms with E-state index in [2.05, 4.69) is 11.6 Å². The van der Waals surface area contributed by atoms with E-state index in [0.29, 0.717) is 6.61 Å². The third-order valence-corrected chi connectivity index (χ3v) is 0.690. The molecule has 0 bridgehead atoms. The second-order valence-electron chi connectivity index (χ2n) is 1.55. The molecule has 0 saturated carbocycles. The van der Waals surface area contributed by atoms with Crippen LogP contribution in [-0.2, 0) is 4.65 Å². The van der Waals surface area contributed by atoms with Crippen molar-refractivity contribution in [3.63, 3.8) is 0 Å². The Balaban J connectivity index is 0. The van der Waals surface area contributed by atoms with Crippen molar-refractivity contribution in [1.82, 2.24) is 0 Å². The van der Waals surface area contributed by atoms with Crippen LogP contribution >= 0.6 is 0 Å². The van der Waals surface area contributed by atoms with Crippen molar-refractivity contribution in [3.8, 4) is 6.07 Å². The van der Waals surface area contributed by atoms with Crippen LogP contribution in [0.5, 0.6) is 0 Å². The van der Waals surface area contributed by atoms with Crippen LogP contribution in [0, 0.1) is 11.3 Å². The van der Waals surface area contributed by atoms with Crippen LogP contribution in [0.2, 0.25) is 0 Å². The molecule has 0 aromatic rings. The number of hydrogen-bond acceptors (Lipinski definition) is 3. The quantitative estimate of drug-likeness (QED) is 0.467. The number of rotatable bonds is 4. The van der Waals surface area contributed by atoms with Crippen molar-refractivity contribution in [2.24, 2.45) is 0 Å². The van der Waals surface area contributed by atoms with Gasteiger partial charge >= 0.3 is 7.69 Å². The molecule has 1 N–H and O–H groups in total. The minimum Gasteiger partial charge on any atom is -0.429 e. The highest BCUT2D eigenvalue weighted by Gasteiger charge is 1.83. The molecule has 0 aromatic heterocycles. The van der Waals surface area contributed by atoms with Crippen molar-refractivity contribution in [1.29, 1.82) is 5.26 Å². The molecule has 10 heavy (non-hydrogen) atoms. The molecule has 0 saturated heterocycles. The maximum Gasteiger partial charge on any atom is 0.485 e. The van der Waals surface area contributed by atoms with Crippen LogP contribution in [0.25, 0.3) is 0 Å². The molecule has 4 heteroatoms. The number of nitrogens with zero attached hydrogens (tertiary/aromatic N) is 1. The van der Waals surface area contributed by atoms with E-state index < -0.39 is 0 Å². The topological polar surface area (TPSA) is 53.2 Å². The minimum absolute atomic E-state index is 0.632. The first-order valence-electron chi connectivity index (χ1n) is 3.21. The summed E-state index contributed by atoms with van der Waals surface area (Å²) in [5.74, 6) is 0. The molecule has 0 aliphatic heterocycles.